The Morgan fingerprint density at radius 1 is 0.925 bits per heavy atom. The molecule has 40 heavy (non-hydrogen) atoms. The number of fused-ring (bicyclic) bond motifs is 1. The highest BCUT2D eigenvalue weighted by atomic mass is 19.4. The molecule has 1 atom stereocenters. The highest BCUT2D eigenvalue weighted by Gasteiger charge is 2.40. The Kier molecular flexibility index (Phi) is 7.66. The Bertz CT molecular complexity index is 1330. The van der Waals surface area contributed by atoms with E-state index in [0.29, 0.717) is 31.6 Å². The van der Waals surface area contributed by atoms with Crippen LogP contribution >= 0.6 is 0 Å². The molecule has 0 fully saturated rings. The summed E-state index contributed by atoms with van der Waals surface area (Å²) in [5.41, 5.74) is -4.26. The van der Waals surface area contributed by atoms with E-state index in [1.165, 1.54) is 18.9 Å². The number of hydrogen-bond donors (Lipinski definition) is 0. The number of tetrazole rings is 1. The Morgan fingerprint density at radius 3 is 2.05 bits per heavy atom. The van der Waals surface area contributed by atoms with Gasteiger partial charge in [0.15, 0.2) is 0 Å². The number of anilines is 2. The highest BCUT2D eigenvalue weighted by Crippen LogP contribution is 2.42. The van der Waals surface area contributed by atoms with Crippen molar-refractivity contribution < 1.29 is 39.5 Å². The molecule has 0 saturated heterocycles. The summed E-state index contributed by atoms with van der Waals surface area (Å²) >= 11 is 0. The maximum absolute atomic E-state index is 13.7. The second-order valence-electron chi connectivity index (χ2n) is 9.38. The second kappa shape index (κ2) is 10.4. The number of pyridine rings is 1. The van der Waals surface area contributed by atoms with Gasteiger partial charge in [-0.3, -0.25) is 4.98 Å². The van der Waals surface area contributed by atoms with Crippen molar-refractivity contribution in [1.82, 2.24) is 25.2 Å². The van der Waals surface area contributed by atoms with Crippen LogP contribution in [0.3, 0.4) is 0 Å². The molecule has 4 rings (SSSR count). The van der Waals surface area contributed by atoms with Crippen LogP contribution in [0.5, 0.6) is 0 Å². The molecule has 3 aromatic rings. The Balaban J connectivity index is 1.90. The average molecular weight is 581 g/mol. The molecule has 2 aromatic heterocycles. The summed E-state index contributed by atoms with van der Waals surface area (Å²) in [6.07, 6.45) is -14.1. The van der Waals surface area contributed by atoms with Crippen LogP contribution in [-0.2, 0) is 32.1 Å². The van der Waals surface area contributed by atoms with Gasteiger partial charge in [-0.05, 0) is 61.7 Å². The molecule has 3 heterocycles. The number of aryl methyl sites for hydroxylation is 2. The molecule has 0 saturated carbocycles. The van der Waals surface area contributed by atoms with Gasteiger partial charge in [0.2, 0.25) is 0 Å². The van der Waals surface area contributed by atoms with E-state index in [2.05, 4.69) is 20.4 Å². The van der Waals surface area contributed by atoms with Crippen molar-refractivity contribution in [2.45, 2.75) is 57.8 Å². The third-order valence-electron chi connectivity index (χ3n) is 6.60. The largest absolute Gasteiger partial charge is 0.418 e. The molecule has 0 bridgehead atoms. The first kappa shape index (κ1) is 29.4. The van der Waals surface area contributed by atoms with Gasteiger partial charge in [0.1, 0.15) is 0 Å². The third-order valence-corrected chi connectivity index (χ3v) is 6.60. The molecule has 7 nitrogen and oxygen atoms in total. The van der Waals surface area contributed by atoms with Crippen molar-refractivity contribution >= 4 is 11.6 Å². The second-order valence-corrected chi connectivity index (χ2v) is 9.38. The molecule has 16 heteroatoms. The van der Waals surface area contributed by atoms with E-state index in [0.717, 1.165) is 10.9 Å². The van der Waals surface area contributed by atoms with Crippen LogP contribution in [0.1, 0.15) is 59.4 Å². The monoisotopic (exact) mass is 581 g/mol. The lowest BCUT2D eigenvalue weighted by Crippen LogP contribution is -2.31. The van der Waals surface area contributed by atoms with Gasteiger partial charge in [-0.1, -0.05) is 5.10 Å². The molecular formula is C24H24F9N7. The van der Waals surface area contributed by atoms with E-state index in [4.69, 9.17) is 0 Å². The quantitative estimate of drug-likeness (QED) is 0.328. The SMILES string of the molecule is CCN1CCCC(N(Cc2cc(C(F)(F)F)cc(C(F)(F)F)c2)c2nnn(C)n2)c2nc(C)c(C(F)(F)F)cc21. The zero-order valence-corrected chi connectivity index (χ0v) is 21.5. The van der Waals surface area contributed by atoms with E-state index < -0.39 is 47.8 Å². The van der Waals surface area contributed by atoms with E-state index in [1.807, 2.05) is 0 Å². The minimum Gasteiger partial charge on any atom is -0.370 e. The third kappa shape index (κ3) is 6.09. The van der Waals surface area contributed by atoms with Crippen LogP contribution in [0, 0.1) is 6.92 Å². The van der Waals surface area contributed by atoms with E-state index in [9.17, 15) is 39.5 Å². The first-order chi connectivity index (χ1) is 18.5. The van der Waals surface area contributed by atoms with Gasteiger partial charge in [0.25, 0.3) is 5.95 Å². The fourth-order valence-electron chi connectivity index (χ4n) is 4.78. The zero-order chi connectivity index (χ0) is 29.6. The Morgan fingerprint density at radius 2 is 1.55 bits per heavy atom. The molecule has 0 amide bonds. The van der Waals surface area contributed by atoms with Gasteiger partial charge in [-0.15, -0.1) is 5.10 Å². The molecule has 1 aromatic carbocycles. The van der Waals surface area contributed by atoms with Gasteiger partial charge >= 0.3 is 18.5 Å². The summed E-state index contributed by atoms with van der Waals surface area (Å²) in [4.78, 5) is 8.37. The van der Waals surface area contributed by atoms with Crippen molar-refractivity contribution in [3.8, 4) is 0 Å². The minimum atomic E-state index is -5.06. The summed E-state index contributed by atoms with van der Waals surface area (Å²) in [5, 5.41) is 11.8. The fraction of sp³-hybridized carbons (Fsp3) is 0.500. The standard InChI is InChI=1S/C24H24F9N7/c1-4-39-7-5-6-18(20-19(39)11-17(13(2)34-20)24(31,32)33)40(21-35-37-38(3)36-21)12-14-8-15(22(25,26)27)10-16(9-14)23(28,29)30/h8-11,18H,4-7,12H2,1-3H3. The van der Waals surface area contributed by atoms with Gasteiger partial charge in [-0.2, -0.15) is 44.3 Å². The lowest BCUT2D eigenvalue weighted by Gasteiger charge is -2.32. The first-order valence-electron chi connectivity index (χ1n) is 12.1. The summed E-state index contributed by atoms with van der Waals surface area (Å²) in [7, 11) is 1.42. The summed E-state index contributed by atoms with van der Waals surface area (Å²) < 4.78 is 122. The van der Waals surface area contributed by atoms with Crippen molar-refractivity contribution in [2.24, 2.45) is 7.05 Å². The molecule has 0 N–H and O–H groups in total. The zero-order valence-electron chi connectivity index (χ0n) is 21.5. The summed E-state index contributed by atoms with van der Waals surface area (Å²) in [5.74, 6) is -0.131. The topological polar surface area (TPSA) is 63.0 Å². The average Bonchev–Trinajstić information content (AvgIpc) is 3.18. The smallest absolute Gasteiger partial charge is 0.370 e. The van der Waals surface area contributed by atoms with Crippen molar-refractivity contribution in [3.63, 3.8) is 0 Å². The molecule has 0 aliphatic carbocycles. The van der Waals surface area contributed by atoms with Crippen LogP contribution in [0.2, 0.25) is 0 Å². The number of hydrogen-bond acceptors (Lipinski definition) is 6. The minimum absolute atomic E-state index is 0.0259. The maximum Gasteiger partial charge on any atom is 0.418 e. The predicted octanol–water partition coefficient (Wildman–Crippen LogP) is 6.34. The van der Waals surface area contributed by atoms with Crippen molar-refractivity contribution in [3.05, 3.63) is 57.9 Å². The molecule has 1 aliphatic rings. The Labute approximate surface area is 222 Å². The van der Waals surface area contributed by atoms with Crippen LogP contribution in [0.4, 0.5) is 51.1 Å². The number of halogens is 9. The number of nitrogens with zero attached hydrogens (tertiary/aromatic N) is 7. The first-order valence-corrected chi connectivity index (χ1v) is 12.1. The van der Waals surface area contributed by atoms with Crippen LogP contribution < -0.4 is 9.80 Å². The maximum atomic E-state index is 13.7. The molecule has 0 spiro atoms. The van der Waals surface area contributed by atoms with Crippen LogP contribution in [0.25, 0.3) is 0 Å². The van der Waals surface area contributed by atoms with Gasteiger partial charge < -0.3 is 9.80 Å². The predicted molar refractivity (Wildman–Crippen MR) is 125 cm³/mol. The van der Waals surface area contributed by atoms with Crippen LogP contribution in [0.15, 0.2) is 24.3 Å². The van der Waals surface area contributed by atoms with Crippen molar-refractivity contribution in [1.29, 1.82) is 0 Å². The number of rotatable bonds is 5. The van der Waals surface area contributed by atoms with Crippen LogP contribution in [-0.4, -0.2) is 38.3 Å². The number of benzene rings is 1. The van der Waals surface area contributed by atoms with E-state index in [-0.39, 0.29) is 41.1 Å². The van der Waals surface area contributed by atoms with Gasteiger partial charge in [0, 0.05) is 19.6 Å². The molecule has 218 valence electrons. The molecule has 1 aliphatic heterocycles. The van der Waals surface area contributed by atoms with Gasteiger partial charge in [0.05, 0.1) is 46.9 Å². The van der Waals surface area contributed by atoms with E-state index >= 15 is 0 Å². The van der Waals surface area contributed by atoms with Gasteiger partial charge in [-0.25, -0.2) is 0 Å². The number of aromatic nitrogens is 5. The summed E-state index contributed by atoms with van der Waals surface area (Å²) in [6.45, 7) is 3.10. The number of alkyl halides is 9. The molecular weight excluding hydrogens is 557 g/mol. The lowest BCUT2D eigenvalue weighted by atomic mass is 10.0. The molecule has 1 unspecified atom stereocenters. The Hall–Kier alpha value is -3.59. The molecule has 0 radical (unpaired) electrons. The fourth-order valence-corrected chi connectivity index (χ4v) is 4.78. The summed E-state index contributed by atoms with van der Waals surface area (Å²) in [6, 6.07) is 1.31. The van der Waals surface area contributed by atoms with Crippen molar-refractivity contribution in [2.75, 3.05) is 22.9 Å². The van der Waals surface area contributed by atoms with E-state index in [1.54, 1.807) is 11.8 Å². The lowest BCUT2D eigenvalue weighted by molar-refractivity contribution is -0.143. The highest BCUT2D eigenvalue weighted by molar-refractivity contribution is 5.58. The normalized spacial score (nSPS) is 16.6.